The van der Waals surface area contributed by atoms with Gasteiger partial charge in [0.2, 0.25) is 0 Å². The molecule has 3 rings (SSSR count). The van der Waals surface area contributed by atoms with E-state index in [0.29, 0.717) is 13.2 Å². The number of aromatic nitrogens is 1. The molecule has 0 saturated carbocycles. The molecule has 0 spiro atoms. The van der Waals surface area contributed by atoms with Crippen LogP contribution in [0.4, 0.5) is 0 Å². The maximum Gasteiger partial charge on any atom is 0.162 e. The first-order valence-corrected chi connectivity index (χ1v) is 8.14. The maximum absolute atomic E-state index is 5.62. The Bertz CT molecular complexity index is 616. The molecule has 2 heterocycles. The van der Waals surface area contributed by atoms with Crippen LogP contribution >= 0.6 is 27.7 Å². The van der Waals surface area contributed by atoms with E-state index in [9.17, 15) is 0 Å². The van der Waals surface area contributed by atoms with Gasteiger partial charge in [0, 0.05) is 16.4 Å². The number of ether oxygens (including phenoxy) is 2. The lowest BCUT2D eigenvalue weighted by molar-refractivity contribution is 0.171. The van der Waals surface area contributed by atoms with Gasteiger partial charge in [-0.15, -0.1) is 11.8 Å². The quantitative estimate of drug-likeness (QED) is 0.775. The van der Waals surface area contributed by atoms with Gasteiger partial charge in [0.25, 0.3) is 0 Å². The van der Waals surface area contributed by atoms with E-state index in [1.54, 1.807) is 11.8 Å². The molecule has 0 saturated heterocycles. The van der Waals surface area contributed by atoms with Crippen molar-refractivity contribution in [2.45, 2.75) is 17.7 Å². The molecule has 0 unspecified atom stereocenters. The van der Waals surface area contributed by atoms with E-state index in [2.05, 4.69) is 27.0 Å². The zero-order valence-corrected chi connectivity index (χ0v) is 13.5. The predicted molar refractivity (Wildman–Crippen MR) is 83.7 cm³/mol. The Kier molecular flexibility index (Phi) is 4.17. The number of halogens is 1. The molecule has 1 aliphatic heterocycles. The Morgan fingerprint density at radius 1 is 1.20 bits per heavy atom. The summed E-state index contributed by atoms with van der Waals surface area (Å²) in [5, 5.41) is 1.03. The van der Waals surface area contributed by atoms with Crippen LogP contribution in [0.3, 0.4) is 0 Å². The van der Waals surface area contributed by atoms with Crippen molar-refractivity contribution in [2.75, 3.05) is 13.2 Å². The standard InChI is InChI=1S/C15H14BrNO2S/c1-10-2-3-15(17-8-10)20-9-11-6-13-14(7-12(11)16)19-5-4-18-13/h2-3,6-8H,4-5,9H2,1H3. The monoisotopic (exact) mass is 351 g/mol. The van der Waals surface area contributed by atoms with Crippen molar-refractivity contribution < 1.29 is 9.47 Å². The second kappa shape index (κ2) is 6.06. The predicted octanol–water partition coefficient (Wildman–Crippen LogP) is 4.22. The third-order valence-corrected chi connectivity index (χ3v) is 4.70. The highest BCUT2D eigenvalue weighted by atomic mass is 79.9. The average molecular weight is 352 g/mol. The van der Waals surface area contributed by atoms with Crippen LogP contribution < -0.4 is 9.47 Å². The normalized spacial score (nSPS) is 13.3. The molecule has 104 valence electrons. The largest absolute Gasteiger partial charge is 0.486 e. The topological polar surface area (TPSA) is 31.4 Å². The second-order valence-corrected chi connectivity index (χ2v) is 6.40. The highest BCUT2D eigenvalue weighted by Gasteiger charge is 2.15. The number of hydrogen-bond acceptors (Lipinski definition) is 4. The van der Waals surface area contributed by atoms with Crippen LogP contribution in [0.1, 0.15) is 11.1 Å². The van der Waals surface area contributed by atoms with Gasteiger partial charge in [-0.1, -0.05) is 22.0 Å². The van der Waals surface area contributed by atoms with Crippen molar-refractivity contribution in [3.05, 3.63) is 46.1 Å². The minimum absolute atomic E-state index is 0.612. The van der Waals surface area contributed by atoms with Gasteiger partial charge in [0.15, 0.2) is 11.5 Å². The van der Waals surface area contributed by atoms with Crippen LogP contribution in [0.25, 0.3) is 0 Å². The molecule has 20 heavy (non-hydrogen) atoms. The number of fused-ring (bicyclic) bond motifs is 1. The van der Waals surface area contributed by atoms with E-state index < -0.39 is 0 Å². The number of pyridine rings is 1. The summed E-state index contributed by atoms with van der Waals surface area (Å²) in [5.41, 5.74) is 2.36. The summed E-state index contributed by atoms with van der Waals surface area (Å²) in [5.74, 6) is 2.48. The molecule has 2 aromatic rings. The summed E-state index contributed by atoms with van der Waals surface area (Å²) in [4.78, 5) is 4.40. The Morgan fingerprint density at radius 2 is 1.95 bits per heavy atom. The zero-order chi connectivity index (χ0) is 13.9. The van der Waals surface area contributed by atoms with Crippen LogP contribution in [-0.4, -0.2) is 18.2 Å². The minimum Gasteiger partial charge on any atom is -0.486 e. The van der Waals surface area contributed by atoms with E-state index in [1.807, 2.05) is 31.3 Å². The Morgan fingerprint density at radius 3 is 2.65 bits per heavy atom. The molecule has 3 nitrogen and oxygen atoms in total. The van der Waals surface area contributed by atoms with Crippen LogP contribution in [0.5, 0.6) is 11.5 Å². The SMILES string of the molecule is Cc1ccc(SCc2cc3c(cc2Br)OCCO3)nc1. The molecule has 0 aliphatic carbocycles. The molecular formula is C15H14BrNO2S. The highest BCUT2D eigenvalue weighted by Crippen LogP contribution is 2.37. The van der Waals surface area contributed by atoms with Crippen LogP contribution in [0, 0.1) is 6.92 Å². The van der Waals surface area contributed by atoms with E-state index in [4.69, 9.17) is 9.47 Å². The van der Waals surface area contributed by atoms with Gasteiger partial charge in [0.1, 0.15) is 13.2 Å². The zero-order valence-electron chi connectivity index (χ0n) is 11.1. The molecule has 0 atom stereocenters. The molecule has 0 bridgehead atoms. The van der Waals surface area contributed by atoms with Gasteiger partial charge in [-0.2, -0.15) is 0 Å². The molecule has 1 aromatic heterocycles. The number of hydrogen-bond donors (Lipinski definition) is 0. The van der Waals surface area contributed by atoms with Crippen molar-refractivity contribution in [2.24, 2.45) is 0 Å². The van der Waals surface area contributed by atoms with E-state index in [-0.39, 0.29) is 0 Å². The van der Waals surface area contributed by atoms with Crippen molar-refractivity contribution in [3.63, 3.8) is 0 Å². The first-order valence-electron chi connectivity index (χ1n) is 6.36. The van der Waals surface area contributed by atoms with Gasteiger partial charge in [0.05, 0.1) is 5.03 Å². The maximum atomic E-state index is 5.62. The molecule has 1 aliphatic rings. The lowest BCUT2D eigenvalue weighted by Gasteiger charge is -2.19. The highest BCUT2D eigenvalue weighted by molar-refractivity contribution is 9.10. The summed E-state index contributed by atoms with van der Waals surface area (Å²) in [6, 6.07) is 8.15. The van der Waals surface area contributed by atoms with Gasteiger partial charge < -0.3 is 9.47 Å². The summed E-state index contributed by atoms with van der Waals surface area (Å²) < 4.78 is 12.2. The lowest BCUT2D eigenvalue weighted by atomic mass is 10.2. The molecule has 0 radical (unpaired) electrons. The summed E-state index contributed by atoms with van der Waals surface area (Å²) in [6.45, 7) is 3.26. The van der Waals surface area contributed by atoms with E-state index in [0.717, 1.165) is 26.8 Å². The van der Waals surface area contributed by atoms with Crippen molar-refractivity contribution in [1.29, 1.82) is 0 Å². The van der Waals surface area contributed by atoms with Crippen LogP contribution in [-0.2, 0) is 5.75 Å². The molecule has 0 N–H and O–H groups in total. The molecule has 0 fully saturated rings. The number of thioether (sulfide) groups is 1. The first kappa shape index (κ1) is 13.8. The fraction of sp³-hybridized carbons (Fsp3) is 0.267. The molecule has 1 aromatic carbocycles. The number of rotatable bonds is 3. The summed E-state index contributed by atoms with van der Waals surface area (Å²) in [6.07, 6.45) is 1.89. The third kappa shape index (κ3) is 3.10. The van der Waals surface area contributed by atoms with Crippen molar-refractivity contribution >= 4 is 27.7 Å². The smallest absolute Gasteiger partial charge is 0.162 e. The van der Waals surface area contributed by atoms with Gasteiger partial charge in [-0.25, -0.2) is 4.98 Å². The van der Waals surface area contributed by atoms with Gasteiger partial charge >= 0.3 is 0 Å². The van der Waals surface area contributed by atoms with Gasteiger partial charge in [-0.3, -0.25) is 0 Å². The number of nitrogens with zero attached hydrogens (tertiary/aromatic N) is 1. The fourth-order valence-electron chi connectivity index (χ4n) is 1.91. The Labute approximate surface area is 130 Å². The fourth-order valence-corrected chi connectivity index (χ4v) is 3.39. The second-order valence-electron chi connectivity index (χ2n) is 4.55. The number of aryl methyl sites for hydroxylation is 1. The van der Waals surface area contributed by atoms with E-state index >= 15 is 0 Å². The van der Waals surface area contributed by atoms with Gasteiger partial charge in [-0.05, 0) is 36.2 Å². The van der Waals surface area contributed by atoms with Crippen LogP contribution in [0.2, 0.25) is 0 Å². The third-order valence-electron chi connectivity index (χ3n) is 2.97. The molecule has 0 amide bonds. The van der Waals surface area contributed by atoms with Crippen molar-refractivity contribution in [3.8, 4) is 11.5 Å². The molecular weight excluding hydrogens is 338 g/mol. The summed E-state index contributed by atoms with van der Waals surface area (Å²) in [7, 11) is 0. The Hall–Kier alpha value is -1.20. The lowest BCUT2D eigenvalue weighted by Crippen LogP contribution is -2.15. The minimum atomic E-state index is 0.612. The van der Waals surface area contributed by atoms with Crippen LogP contribution in [0.15, 0.2) is 40.0 Å². The Balaban J connectivity index is 1.75. The molecule has 5 heteroatoms. The first-order chi connectivity index (χ1) is 9.72. The summed E-state index contributed by atoms with van der Waals surface area (Å²) >= 11 is 5.30. The van der Waals surface area contributed by atoms with E-state index in [1.165, 1.54) is 11.1 Å². The van der Waals surface area contributed by atoms with Crippen molar-refractivity contribution in [1.82, 2.24) is 4.98 Å². The number of benzene rings is 1. The average Bonchev–Trinajstić information content (AvgIpc) is 2.47.